The first kappa shape index (κ1) is 11.7. The Kier molecular flexibility index (Phi) is 4.03. The van der Waals surface area contributed by atoms with Gasteiger partial charge in [0.15, 0.2) is 0 Å². The average molecular weight is 254 g/mol. The van der Waals surface area contributed by atoms with Crippen molar-refractivity contribution in [3.63, 3.8) is 0 Å². The fourth-order valence-corrected chi connectivity index (χ4v) is 1.82. The molecule has 0 saturated carbocycles. The molecule has 0 aliphatic carbocycles. The van der Waals surface area contributed by atoms with Crippen molar-refractivity contribution in [1.29, 1.82) is 0 Å². The summed E-state index contributed by atoms with van der Waals surface area (Å²) >= 11 is -4.65. The zero-order chi connectivity index (χ0) is 8.48. The summed E-state index contributed by atoms with van der Waals surface area (Å²) in [6, 6.07) is 5.97. The van der Waals surface area contributed by atoms with Crippen LogP contribution in [-0.4, -0.2) is 22.4 Å². The van der Waals surface area contributed by atoms with Crippen molar-refractivity contribution in [2.45, 2.75) is 0 Å². The van der Waals surface area contributed by atoms with Gasteiger partial charge in [-0.05, 0) is 0 Å². The van der Waals surface area contributed by atoms with E-state index >= 15 is 0 Å². The molecule has 68 valence electrons. The molecule has 0 atom stereocenters. The van der Waals surface area contributed by atoms with Gasteiger partial charge in [0.25, 0.3) is 0 Å². The maximum atomic E-state index is 10.7. The molecule has 0 aliphatic rings. The molecule has 4 nitrogen and oxygen atoms in total. The molecule has 0 heterocycles. The van der Waals surface area contributed by atoms with Crippen LogP contribution in [0.15, 0.2) is 24.3 Å². The number of hydrogen-bond donors (Lipinski definition) is 3. The van der Waals surface area contributed by atoms with Crippen LogP contribution in [0.4, 0.5) is 5.69 Å². The van der Waals surface area contributed by atoms with Gasteiger partial charge >= 0.3 is 66.1 Å². The summed E-state index contributed by atoms with van der Waals surface area (Å²) in [4.78, 5) is 0. The van der Waals surface area contributed by atoms with Crippen LogP contribution in [0.5, 0.6) is 0 Å². The number of halogens is 1. The quantitative estimate of drug-likeness (QED) is 0.439. The second-order valence-corrected chi connectivity index (χ2v) is 5.58. The van der Waals surface area contributed by atoms with Gasteiger partial charge in [0, 0.05) is 0 Å². The van der Waals surface area contributed by atoms with Gasteiger partial charge in [0.2, 0.25) is 0 Å². The van der Waals surface area contributed by atoms with Gasteiger partial charge in [-0.15, -0.1) is 0 Å². The first-order chi connectivity index (χ1) is 5.00. The van der Waals surface area contributed by atoms with Crippen LogP contribution in [0.25, 0.3) is 0 Å². The molecular formula is C6H9AsClNO3. The van der Waals surface area contributed by atoms with Gasteiger partial charge in [-0.2, -0.15) is 0 Å². The van der Waals surface area contributed by atoms with E-state index in [9.17, 15) is 3.74 Å². The first-order valence-corrected chi connectivity index (χ1v) is 6.36. The van der Waals surface area contributed by atoms with Gasteiger partial charge in [-0.1, -0.05) is 0 Å². The van der Waals surface area contributed by atoms with Crippen LogP contribution in [0, 0.1) is 0 Å². The monoisotopic (exact) mass is 253 g/mol. The van der Waals surface area contributed by atoms with Crippen molar-refractivity contribution in [1.82, 2.24) is 0 Å². The van der Waals surface area contributed by atoms with Crippen LogP contribution < -0.4 is 22.5 Å². The van der Waals surface area contributed by atoms with E-state index in [0.717, 1.165) is 5.69 Å². The van der Waals surface area contributed by atoms with Crippen molar-refractivity contribution >= 4 is 24.2 Å². The van der Waals surface area contributed by atoms with Gasteiger partial charge < -0.3 is 12.4 Å². The van der Waals surface area contributed by atoms with E-state index in [1.807, 2.05) is 0 Å². The Hall–Kier alpha value is -0.252. The van der Waals surface area contributed by atoms with Crippen LogP contribution in [0.2, 0.25) is 0 Å². The van der Waals surface area contributed by atoms with Crippen LogP contribution in [0.1, 0.15) is 0 Å². The third-order valence-corrected chi connectivity index (χ3v) is 3.31. The van der Waals surface area contributed by atoms with E-state index in [4.69, 9.17) is 8.19 Å². The molecule has 12 heavy (non-hydrogen) atoms. The molecule has 1 aromatic rings. The predicted octanol–water partition coefficient (Wildman–Crippen LogP) is -4.87. The summed E-state index contributed by atoms with van der Waals surface area (Å²) < 4.78 is 28.2. The molecule has 0 spiro atoms. The summed E-state index contributed by atoms with van der Waals surface area (Å²) in [5, 5.41) is 0. The molecule has 0 bridgehead atoms. The third kappa shape index (κ3) is 3.01. The van der Waals surface area contributed by atoms with Gasteiger partial charge in [0.1, 0.15) is 0 Å². The fraction of sp³-hybridized carbons (Fsp3) is 0. The molecule has 1 aromatic carbocycles. The Morgan fingerprint density at radius 3 is 1.92 bits per heavy atom. The van der Waals surface area contributed by atoms with Crippen molar-refractivity contribution in [2.24, 2.45) is 0 Å². The zero-order valence-electron chi connectivity index (χ0n) is 6.14. The summed E-state index contributed by atoms with van der Waals surface area (Å²) in [5.74, 6) is 0. The summed E-state index contributed by atoms with van der Waals surface area (Å²) in [6.07, 6.45) is 0. The van der Waals surface area contributed by atoms with Crippen LogP contribution in [0.3, 0.4) is 0 Å². The molecule has 6 heteroatoms. The molecule has 1 rings (SSSR count). The third-order valence-electron chi connectivity index (χ3n) is 1.27. The van der Waals surface area contributed by atoms with Crippen molar-refractivity contribution in [3.05, 3.63) is 24.3 Å². The van der Waals surface area contributed by atoms with E-state index in [0.29, 0.717) is 0 Å². The normalized spacial score (nSPS) is 10.6. The minimum atomic E-state index is -4.65. The first-order valence-electron chi connectivity index (χ1n) is 2.98. The average Bonchev–Trinajstić information content (AvgIpc) is 1.86. The SMILES string of the molecule is [Cl-].[NH3+]c1ccc([As](=O)(O)O)cc1. The van der Waals surface area contributed by atoms with Crippen LogP contribution >= 0.6 is 0 Å². The van der Waals surface area contributed by atoms with Gasteiger partial charge in [0.05, 0.1) is 0 Å². The fourth-order valence-electron chi connectivity index (χ4n) is 0.690. The van der Waals surface area contributed by atoms with Crippen molar-refractivity contribution in [2.75, 3.05) is 0 Å². The standard InChI is InChI=1S/C6H8AsNO3.ClH/c8-6-3-1-5(2-4-6)7(9,10)11;/h1-4H,8H2,(H2,9,10,11);1H. The number of hydrogen-bond acceptors (Lipinski definition) is 1. The second-order valence-electron chi connectivity index (χ2n) is 2.21. The van der Waals surface area contributed by atoms with Crippen molar-refractivity contribution < 1.29 is 30.1 Å². The molecule has 0 saturated heterocycles. The Bertz CT molecular complexity index is 294. The summed E-state index contributed by atoms with van der Waals surface area (Å²) in [6.45, 7) is 0. The Morgan fingerprint density at radius 1 is 1.17 bits per heavy atom. The van der Waals surface area contributed by atoms with E-state index in [2.05, 4.69) is 5.73 Å². The Balaban J connectivity index is 0.00000121. The second kappa shape index (κ2) is 4.12. The number of quaternary nitrogens is 1. The van der Waals surface area contributed by atoms with E-state index < -0.39 is 14.2 Å². The van der Waals surface area contributed by atoms with Gasteiger partial charge in [-0.25, -0.2) is 0 Å². The molecule has 0 aromatic heterocycles. The molecule has 0 fully saturated rings. The Labute approximate surface area is 78.8 Å². The van der Waals surface area contributed by atoms with Gasteiger partial charge in [-0.3, -0.25) is 0 Å². The summed E-state index contributed by atoms with van der Waals surface area (Å²) in [7, 11) is 0. The zero-order valence-corrected chi connectivity index (χ0v) is 8.78. The topological polar surface area (TPSA) is 85.2 Å². The van der Waals surface area contributed by atoms with E-state index in [-0.39, 0.29) is 16.8 Å². The number of rotatable bonds is 1. The van der Waals surface area contributed by atoms with E-state index in [1.54, 1.807) is 12.1 Å². The molecule has 0 aliphatic heterocycles. The minimum absolute atomic E-state index is 0. The van der Waals surface area contributed by atoms with Crippen LogP contribution in [-0.2, 0) is 3.74 Å². The molecule has 5 N–H and O–H groups in total. The molecule has 0 unspecified atom stereocenters. The Morgan fingerprint density at radius 2 is 1.58 bits per heavy atom. The maximum absolute atomic E-state index is 10.7. The molecule has 0 amide bonds. The van der Waals surface area contributed by atoms with E-state index in [1.165, 1.54) is 12.1 Å². The summed E-state index contributed by atoms with van der Waals surface area (Å²) in [5.41, 5.74) is 4.35. The number of benzene rings is 1. The predicted molar refractivity (Wildman–Crippen MR) is 39.5 cm³/mol. The molecule has 0 radical (unpaired) electrons. The van der Waals surface area contributed by atoms with Crippen molar-refractivity contribution in [3.8, 4) is 0 Å². The molecular weight excluding hydrogens is 244 g/mol.